The minimum absolute atomic E-state index is 0.161. The van der Waals surface area contributed by atoms with Gasteiger partial charge in [0.05, 0.1) is 30.2 Å². The lowest BCUT2D eigenvalue weighted by molar-refractivity contribution is -0.143. The molecule has 1 heterocycles. The summed E-state index contributed by atoms with van der Waals surface area (Å²) in [7, 11) is 0. The van der Waals surface area contributed by atoms with Gasteiger partial charge in [0.1, 0.15) is 0 Å². The Balaban J connectivity index is 2.31. The average molecular weight is 426 g/mol. The van der Waals surface area contributed by atoms with Gasteiger partial charge in [-0.1, -0.05) is 25.5 Å². The van der Waals surface area contributed by atoms with Gasteiger partial charge in [-0.25, -0.2) is 0 Å². The van der Waals surface area contributed by atoms with Gasteiger partial charge >= 0.3 is 12.1 Å². The maximum atomic E-state index is 13.4. The number of benzene rings is 1. The quantitative estimate of drug-likeness (QED) is 0.561. The average Bonchev–Trinajstić information content (AvgIpc) is 2.68. The van der Waals surface area contributed by atoms with Crippen molar-refractivity contribution in [3.63, 3.8) is 0 Å². The number of aryl methyl sites for hydroxylation is 1. The number of hydrogen-bond acceptors (Lipinski definition) is 5. The summed E-state index contributed by atoms with van der Waals surface area (Å²) < 4.78 is 45.2. The molecule has 1 unspecified atom stereocenters. The second kappa shape index (κ2) is 10.7. The van der Waals surface area contributed by atoms with Crippen LogP contribution in [0.4, 0.5) is 13.2 Å². The number of ether oxygens (including phenoxy) is 1. The molecule has 0 spiro atoms. The van der Waals surface area contributed by atoms with Crippen molar-refractivity contribution < 1.29 is 27.8 Å². The van der Waals surface area contributed by atoms with Crippen LogP contribution in [0.5, 0.6) is 0 Å². The summed E-state index contributed by atoms with van der Waals surface area (Å²) in [5.41, 5.74) is -0.172. The molecule has 0 fully saturated rings. The Morgan fingerprint density at radius 3 is 2.63 bits per heavy atom. The van der Waals surface area contributed by atoms with E-state index in [1.165, 1.54) is 6.07 Å². The molecule has 1 aromatic carbocycles. The van der Waals surface area contributed by atoms with Gasteiger partial charge in [0.2, 0.25) is 0 Å². The second-order valence-electron chi connectivity index (χ2n) is 7.28. The van der Waals surface area contributed by atoms with Crippen molar-refractivity contribution in [3.05, 3.63) is 41.1 Å². The molecular formula is C22H29F3N2O3. The minimum Gasteiger partial charge on any atom is -0.466 e. The third kappa shape index (κ3) is 6.40. The number of carbonyl (C=O) groups is 1. The summed E-state index contributed by atoms with van der Waals surface area (Å²) in [4.78, 5) is 17.7. The first-order chi connectivity index (χ1) is 14.2. The Kier molecular flexibility index (Phi) is 8.61. The van der Waals surface area contributed by atoms with Crippen LogP contribution in [-0.2, 0) is 15.7 Å². The standard InChI is InChI=1S/C22H29F3N2O3/c1-4-6-11-27(12-10-20(29)30-5-2)14-19(28)17-13-15(3)26-21-16(17)8-7-9-18(21)22(23,24)25/h7-9,13,19,28H,4-6,10-12,14H2,1-3H3. The third-order valence-electron chi connectivity index (χ3n) is 4.86. The highest BCUT2D eigenvalue weighted by Gasteiger charge is 2.34. The summed E-state index contributed by atoms with van der Waals surface area (Å²) >= 11 is 0. The summed E-state index contributed by atoms with van der Waals surface area (Å²) in [6.45, 7) is 6.97. The lowest BCUT2D eigenvalue weighted by Gasteiger charge is -2.26. The zero-order chi connectivity index (χ0) is 22.3. The number of aliphatic hydroxyl groups is 1. The van der Waals surface area contributed by atoms with Gasteiger partial charge in [0.15, 0.2) is 0 Å². The number of aliphatic hydroxyl groups excluding tert-OH is 1. The normalized spacial score (nSPS) is 13.1. The summed E-state index contributed by atoms with van der Waals surface area (Å²) in [6, 6.07) is 5.49. The summed E-state index contributed by atoms with van der Waals surface area (Å²) in [6.07, 6.45) is -3.53. The number of carbonyl (C=O) groups excluding carboxylic acids is 1. The van der Waals surface area contributed by atoms with Crippen molar-refractivity contribution >= 4 is 16.9 Å². The number of pyridine rings is 1. The van der Waals surface area contributed by atoms with E-state index < -0.39 is 17.8 Å². The van der Waals surface area contributed by atoms with Gasteiger partial charge in [-0.15, -0.1) is 0 Å². The first-order valence-electron chi connectivity index (χ1n) is 10.2. The van der Waals surface area contributed by atoms with Crippen LogP contribution in [0.3, 0.4) is 0 Å². The zero-order valence-corrected chi connectivity index (χ0v) is 17.6. The van der Waals surface area contributed by atoms with Crippen LogP contribution in [0.25, 0.3) is 10.9 Å². The Bertz CT molecular complexity index is 855. The van der Waals surface area contributed by atoms with Crippen LogP contribution in [0, 0.1) is 6.92 Å². The fourth-order valence-electron chi connectivity index (χ4n) is 3.41. The molecule has 5 nitrogen and oxygen atoms in total. The molecule has 1 atom stereocenters. The molecule has 30 heavy (non-hydrogen) atoms. The number of nitrogens with zero attached hydrogens (tertiary/aromatic N) is 2. The molecule has 0 aliphatic carbocycles. The molecule has 2 aromatic rings. The molecule has 0 radical (unpaired) electrons. The lowest BCUT2D eigenvalue weighted by atomic mass is 9.99. The number of aromatic nitrogens is 1. The van der Waals surface area contributed by atoms with E-state index in [0.29, 0.717) is 31.0 Å². The fourth-order valence-corrected chi connectivity index (χ4v) is 3.41. The fraction of sp³-hybridized carbons (Fsp3) is 0.545. The Hall–Kier alpha value is -2.19. The van der Waals surface area contributed by atoms with E-state index in [-0.39, 0.29) is 29.8 Å². The lowest BCUT2D eigenvalue weighted by Crippen LogP contribution is -2.32. The number of fused-ring (bicyclic) bond motifs is 1. The number of esters is 1. The van der Waals surface area contributed by atoms with Crippen molar-refractivity contribution in [2.75, 3.05) is 26.2 Å². The van der Waals surface area contributed by atoms with E-state index in [4.69, 9.17) is 4.74 Å². The maximum Gasteiger partial charge on any atom is 0.418 e. The predicted molar refractivity (Wildman–Crippen MR) is 109 cm³/mol. The molecular weight excluding hydrogens is 397 g/mol. The van der Waals surface area contributed by atoms with Gasteiger partial charge in [0, 0.05) is 24.2 Å². The van der Waals surface area contributed by atoms with Gasteiger partial charge in [0.25, 0.3) is 0 Å². The molecule has 0 amide bonds. The monoisotopic (exact) mass is 426 g/mol. The molecule has 1 N–H and O–H groups in total. The van der Waals surface area contributed by atoms with Crippen molar-refractivity contribution in [3.8, 4) is 0 Å². The van der Waals surface area contributed by atoms with Crippen LogP contribution >= 0.6 is 0 Å². The Labute approximate surface area is 174 Å². The first-order valence-corrected chi connectivity index (χ1v) is 10.2. The van der Waals surface area contributed by atoms with E-state index in [9.17, 15) is 23.1 Å². The minimum atomic E-state index is -4.53. The van der Waals surface area contributed by atoms with Crippen molar-refractivity contribution in [1.29, 1.82) is 0 Å². The molecule has 2 rings (SSSR count). The molecule has 0 aliphatic heterocycles. The van der Waals surface area contributed by atoms with E-state index in [2.05, 4.69) is 4.98 Å². The van der Waals surface area contributed by atoms with Gasteiger partial charge in [-0.05, 0) is 44.5 Å². The number of unbranched alkanes of at least 4 members (excludes halogenated alkanes) is 1. The zero-order valence-electron chi connectivity index (χ0n) is 17.6. The van der Waals surface area contributed by atoms with Crippen molar-refractivity contribution in [2.45, 2.75) is 52.3 Å². The predicted octanol–water partition coefficient (Wildman–Crippen LogP) is 4.65. The number of para-hydroxylation sites is 1. The van der Waals surface area contributed by atoms with Crippen LogP contribution in [0.1, 0.15) is 56.0 Å². The molecule has 0 aliphatic rings. The smallest absolute Gasteiger partial charge is 0.418 e. The van der Waals surface area contributed by atoms with Crippen LogP contribution in [0.2, 0.25) is 0 Å². The van der Waals surface area contributed by atoms with Crippen LogP contribution < -0.4 is 0 Å². The number of alkyl halides is 3. The largest absolute Gasteiger partial charge is 0.466 e. The molecule has 0 saturated carbocycles. The molecule has 0 bridgehead atoms. The number of hydrogen-bond donors (Lipinski definition) is 1. The van der Waals surface area contributed by atoms with E-state index >= 15 is 0 Å². The van der Waals surface area contributed by atoms with E-state index in [1.54, 1.807) is 26.0 Å². The topological polar surface area (TPSA) is 62.7 Å². The van der Waals surface area contributed by atoms with Gasteiger partial charge in [-0.2, -0.15) is 13.2 Å². The van der Waals surface area contributed by atoms with Crippen molar-refractivity contribution in [1.82, 2.24) is 9.88 Å². The SMILES string of the molecule is CCCCN(CCC(=O)OCC)CC(O)c1cc(C)nc2c(C(F)(F)F)cccc12. The molecule has 0 saturated heterocycles. The Morgan fingerprint density at radius 2 is 2.00 bits per heavy atom. The van der Waals surface area contributed by atoms with Gasteiger partial charge in [-0.3, -0.25) is 14.7 Å². The molecule has 1 aromatic heterocycles. The summed E-state index contributed by atoms with van der Waals surface area (Å²) in [5, 5.41) is 11.2. The summed E-state index contributed by atoms with van der Waals surface area (Å²) in [5.74, 6) is -0.312. The first kappa shape index (κ1) is 24.1. The highest BCUT2D eigenvalue weighted by molar-refractivity contribution is 5.86. The number of rotatable bonds is 10. The van der Waals surface area contributed by atoms with Crippen LogP contribution in [-0.4, -0.2) is 47.2 Å². The number of halogens is 3. The molecule has 166 valence electrons. The van der Waals surface area contributed by atoms with E-state index in [1.807, 2.05) is 11.8 Å². The maximum absolute atomic E-state index is 13.4. The van der Waals surface area contributed by atoms with Crippen molar-refractivity contribution in [2.24, 2.45) is 0 Å². The molecule has 8 heteroatoms. The van der Waals surface area contributed by atoms with Crippen LogP contribution in [0.15, 0.2) is 24.3 Å². The van der Waals surface area contributed by atoms with Gasteiger partial charge < -0.3 is 9.84 Å². The highest BCUT2D eigenvalue weighted by atomic mass is 19.4. The Morgan fingerprint density at radius 1 is 1.27 bits per heavy atom. The second-order valence-corrected chi connectivity index (χ2v) is 7.28. The highest BCUT2D eigenvalue weighted by Crippen LogP contribution is 2.36. The van der Waals surface area contributed by atoms with E-state index in [0.717, 1.165) is 18.9 Å². The third-order valence-corrected chi connectivity index (χ3v) is 4.86.